The van der Waals surface area contributed by atoms with Crippen LogP contribution in [0.5, 0.6) is 0 Å². The molecule has 0 saturated carbocycles. The molecule has 2 aromatic carbocycles. The molecule has 3 aliphatic rings. The van der Waals surface area contributed by atoms with Crippen molar-refractivity contribution in [3.8, 4) is 17.3 Å². The summed E-state index contributed by atoms with van der Waals surface area (Å²) in [5, 5.41) is 12.8. The summed E-state index contributed by atoms with van der Waals surface area (Å²) < 4.78 is 0. The Balaban J connectivity index is 1.25. The highest BCUT2D eigenvalue weighted by atomic mass is 15.2. The topological polar surface area (TPSA) is 68.1 Å². The van der Waals surface area contributed by atoms with Gasteiger partial charge in [-0.05, 0) is 68.1 Å². The number of aromatic nitrogens is 2. The number of anilines is 1. The van der Waals surface area contributed by atoms with E-state index in [1.165, 1.54) is 36.3 Å². The normalized spacial score (nSPS) is 23.1. The largest absolute Gasteiger partial charge is 0.378 e. The summed E-state index contributed by atoms with van der Waals surface area (Å²) in [7, 11) is 4.12. The molecular weight excluding hydrogens is 432 g/mol. The molecule has 3 fully saturated rings. The first kappa shape index (κ1) is 23.5. The standard InChI is InChI=1S/C29H34N6/c1-20-32-28(23-7-9-25(10-8-23)34(2)3)15-29(33-20)27-19-35-12-11-24(27)14-26(35)18-31-17-22-6-4-5-21(13-22)16-30/h4-10,13,15,24,26-27,31H,11-12,14,17-19H2,1-3H3/t24-,26+,27+/m0/s1. The average Bonchev–Trinajstić information content (AvgIpc) is 2.89. The number of rotatable bonds is 7. The average molecular weight is 467 g/mol. The maximum atomic E-state index is 9.12. The number of piperidine rings is 3. The molecule has 35 heavy (non-hydrogen) atoms. The summed E-state index contributed by atoms with van der Waals surface area (Å²) in [6.07, 6.45) is 2.44. The van der Waals surface area contributed by atoms with E-state index in [-0.39, 0.29) is 0 Å². The molecule has 3 aromatic rings. The second kappa shape index (κ2) is 10.2. The number of aryl methyl sites for hydroxylation is 1. The lowest BCUT2D eigenvalue weighted by Crippen LogP contribution is -2.55. The monoisotopic (exact) mass is 466 g/mol. The molecule has 0 spiro atoms. The van der Waals surface area contributed by atoms with Crippen LogP contribution in [-0.2, 0) is 6.54 Å². The van der Waals surface area contributed by atoms with E-state index in [2.05, 4.69) is 71.7 Å². The van der Waals surface area contributed by atoms with Gasteiger partial charge in [0.25, 0.3) is 0 Å². The van der Waals surface area contributed by atoms with Crippen LogP contribution in [0.15, 0.2) is 54.6 Å². The van der Waals surface area contributed by atoms with Crippen LogP contribution in [0.2, 0.25) is 0 Å². The maximum absolute atomic E-state index is 9.12. The number of hydrogen-bond donors (Lipinski definition) is 1. The van der Waals surface area contributed by atoms with Crippen molar-refractivity contribution >= 4 is 5.69 Å². The van der Waals surface area contributed by atoms with Gasteiger partial charge in [0.1, 0.15) is 5.82 Å². The van der Waals surface area contributed by atoms with Crippen LogP contribution in [0.25, 0.3) is 11.3 Å². The van der Waals surface area contributed by atoms with Crippen molar-refractivity contribution in [3.05, 3.63) is 77.2 Å². The zero-order chi connectivity index (χ0) is 24.4. The Morgan fingerprint density at radius 1 is 1.11 bits per heavy atom. The van der Waals surface area contributed by atoms with Crippen molar-refractivity contribution in [3.63, 3.8) is 0 Å². The predicted octanol–water partition coefficient (Wildman–Crippen LogP) is 4.36. The number of hydrogen-bond acceptors (Lipinski definition) is 6. The predicted molar refractivity (Wildman–Crippen MR) is 140 cm³/mol. The van der Waals surface area contributed by atoms with Crippen LogP contribution in [0, 0.1) is 24.2 Å². The third-order valence-corrected chi connectivity index (χ3v) is 7.56. The third-order valence-electron chi connectivity index (χ3n) is 7.56. The highest BCUT2D eigenvalue weighted by Crippen LogP contribution is 2.41. The lowest BCUT2D eigenvalue weighted by Gasteiger charge is -2.50. The molecule has 6 nitrogen and oxygen atoms in total. The number of nitrogens with zero attached hydrogens (tertiary/aromatic N) is 5. The fourth-order valence-corrected chi connectivity index (χ4v) is 5.68. The van der Waals surface area contributed by atoms with Gasteiger partial charge < -0.3 is 10.2 Å². The summed E-state index contributed by atoms with van der Waals surface area (Å²) in [4.78, 5) is 14.4. The Hall–Kier alpha value is -3.27. The number of benzene rings is 2. The molecule has 3 saturated heterocycles. The molecule has 180 valence electrons. The van der Waals surface area contributed by atoms with Crippen LogP contribution in [0.4, 0.5) is 5.69 Å². The van der Waals surface area contributed by atoms with Crippen molar-refractivity contribution in [1.29, 1.82) is 5.26 Å². The van der Waals surface area contributed by atoms with Crippen LogP contribution in [0.1, 0.15) is 41.4 Å². The molecule has 1 unspecified atom stereocenters. The fraction of sp³-hybridized carbons (Fsp3) is 0.414. The Morgan fingerprint density at radius 2 is 1.94 bits per heavy atom. The van der Waals surface area contributed by atoms with Crippen molar-refractivity contribution in [1.82, 2.24) is 20.2 Å². The van der Waals surface area contributed by atoms with Gasteiger partial charge in [-0.25, -0.2) is 9.97 Å². The fourth-order valence-electron chi connectivity index (χ4n) is 5.68. The van der Waals surface area contributed by atoms with Gasteiger partial charge in [0.05, 0.1) is 17.3 Å². The molecule has 0 radical (unpaired) electrons. The first-order valence-electron chi connectivity index (χ1n) is 12.6. The first-order chi connectivity index (χ1) is 17.0. The van der Waals surface area contributed by atoms with Gasteiger partial charge >= 0.3 is 0 Å². The summed E-state index contributed by atoms with van der Waals surface area (Å²) >= 11 is 0. The van der Waals surface area contributed by atoms with Crippen LogP contribution in [-0.4, -0.2) is 54.6 Å². The second-order valence-corrected chi connectivity index (χ2v) is 10.1. The van der Waals surface area contributed by atoms with Gasteiger partial charge in [-0.15, -0.1) is 0 Å². The lowest BCUT2D eigenvalue weighted by molar-refractivity contribution is 0.0292. The third kappa shape index (κ3) is 5.22. The summed E-state index contributed by atoms with van der Waals surface area (Å²) in [6.45, 7) is 6.02. The Labute approximate surface area is 208 Å². The van der Waals surface area contributed by atoms with Gasteiger partial charge in [-0.3, -0.25) is 4.90 Å². The molecule has 0 aliphatic carbocycles. The molecule has 6 heteroatoms. The minimum absolute atomic E-state index is 0.466. The van der Waals surface area contributed by atoms with Crippen molar-refractivity contribution in [2.24, 2.45) is 5.92 Å². The van der Waals surface area contributed by atoms with E-state index >= 15 is 0 Å². The van der Waals surface area contributed by atoms with E-state index in [1.54, 1.807) is 0 Å². The van der Waals surface area contributed by atoms with Gasteiger partial charge in [0, 0.05) is 62.6 Å². The number of fused-ring (bicyclic) bond motifs is 3. The minimum atomic E-state index is 0.466. The minimum Gasteiger partial charge on any atom is -0.378 e. The van der Waals surface area contributed by atoms with Gasteiger partial charge in [0.15, 0.2) is 0 Å². The SMILES string of the molecule is Cc1nc(-c2ccc(N(C)C)cc2)cc([C@@H]2CN3CC[C@H]2C[C@@H]3CNCc2cccc(C#N)c2)n1. The van der Waals surface area contributed by atoms with Crippen molar-refractivity contribution in [2.45, 2.75) is 38.3 Å². The van der Waals surface area contributed by atoms with Gasteiger partial charge in [-0.2, -0.15) is 5.26 Å². The van der Waals surface area contributed by atoms with Crippen molar-refractivity contribution < 1.29 is 0 Å². The zero-order valence-electron chi connectivity index (χ0n) is 20.9. The quantitative estimate of drug-likeness (QED) is 0.558. The molecule has 6 rings (SSSR count). The van der Waals surface area contributed by atoms with E-state index in [1.807, 2.05) is 25.1 Å². The molecule has 1 aromatic heterocycles. The summed E-state index contributed by atoms with van der Waals surface area (Å²) in [6, 6.07) is 21.5. The first-order valence-corrected chi connectivity index (χ1v) is 12.6. The molecule has 4 heterocycles. The highest BCUT2D eigenvalue weighted by molar-refractivity contribution is 5.63. The second-order valence-electron chi connectivity index (χ2n) is 10.1. The van der Waals surface area contributed by atoms with E-state index in [0.717, 1.165) is 42.3 Å². The van der Waals surface area contributed by atoms with Gasteiger partial charge in [0.2, 0.25) is 0 Å². The molecule has 4 atom stereocenters. The van der Waals surface area contributed by atoms with E-state index < -0.39 is 0 Å². The van der Waals surface area contributed by atoms with E-state index in [0.29, 0.717) is 17.9 Å². The number of nitrogens with one attached hydrogen (secondary N) is 1. The maximum Gasteiger partial charge on any atom is 0.126 e. The van der Waals surface area contributed by atoms with Crippen molar-refractivity contribution in [2.75, 3.05) is 38.6 Å². The molecule has 1 N–H and O–H groups in total. The summed E-state index contributed by atoms with van der Waals surface area (Å²) in [5.74, 6) is 1.98. The number of nitriles is 1. The zero-order valence-corrected chi connectivity index (χ0v) is 20.9. The Morgan fingerprint density at radius 3 is 2.66 bits per heavy atom. The smallest absolute Gasteiger partial charge is 0.126 e. The lowest BCUT2D eigenvalue weighted by atomic mass is 9.74. The molecule has 3 aliphatic heterocycles. The molecule has 2 bridgehead atoms. The Bertz CT molecular complexity index is 1210. The molecular formula is C29H34N6. The molecule has 0 amide bonds. The van der Waals surface area contributed by atoms with Gasteiger partial charge in [-0.1, -0.05) is 24.3 Å². The van der Waals surface area contributed by atoms with Crippen LogP contribution < -0.4 is 10.2 Å². The van der Waals surface area contributed by atoms with E-state index in [9.17, 15) is 0 Å². The van der Waals surface area contributed by atoms with Crippen LogP contribution >= 0.6 is 0 Å². The van der Waals surface area contributed by atoms with E-state index in [4.69, 9.17) is 15.2 Å². The highest BCUT2D eigenvalue weighted by Gasteiger charge is 2.41. The van der Waals surface area contributed by atoms with Crippen LogP contribution in [0.3, 0.4) is 0 Å². The Kier molecular flexibility index (Phi) is 6.81. The summed E-state index contributed by atoms with van der Waals surface area (Å²) in [5.41, 5.74) is 6.44.